The molecule has 1 atom stereocenters. The number of nitrogens with zero attached hydrogens (tertiary/aromatic N) is 1. The molecule has 2 amide bonds. The maximum absolute atomic E-state index is 13.5. The van der Waals surface area contributed by atoms with Gasteiger partial charge in [-0.15, -0.1) is 0 Å². The van der Waals surface area contributed by atoms with Crippen LogP contribution in [0.15, 0.2) is 60.7 Å². The number of rotatable bonds is 6. The van der Waals surface area contributed by atoms with Crippen LogP contribution in [0.1, 0.15) is 45.7 Å². The minimum Gasteiger partial charge on any atom is -0.467 e. The highest BCUT2D eigenvalue weighted by molar-refractivity contribution is 6.04. The Morgan fingerprint density at radius 3 is 2.31 bits per heavy atom. The monoisotopic (exact) mass is 474 g/mol. The Labute approximate surface area is 203 Å². The molecule has 180 valence electrons. The highest BCUT2D eigenvalue weighted by Gasteiger charge is 2.38. The highest BCUT2D eigenvalue weighted by atomic mass is 19.1. The maximum Gasteiger partial charge on any atom is 0.328 e. The van der Waals surface area contributed by atoms with E-state index in [1.807, 2.05) is 44.2 Å². The van der Waals surface area contributed by atoms with E-state index in [-0.39, 0.29) is 23.5 Å². The lowest BCUT2D eigenvalue weighted by atomic mass is 10.00. The predicted molar refractivity (Wildman–Crippen MR) is 131 cm³/mol. The van der Waals surface area contributed by atoms with E-state index in [0.29, 0.717) is 28.9 Å². The number of halogens is 1. The summed E-state index contributed by atoms with van der Waals surface area (Å²) in [6.45, 7) is 5.75. The van der Waals surface area contributed by atoms with Gasteiger partial charge >= 0.3 is 5.97 Å². The number of carbonyl (C=O) groups excluding carboxylic acids is 3. The lowest BCUT2D eigenvalue weighted by Crippen LogP contribution is -2.45. The van der Waals surface area contributed by atoms with Gasteiger partial charge in [0.05, 0.1) is 7.11 Å². The normalized spacial score (nSPS) is 13.5. The fraction of sp³-hybridized carbons (Fsp3) is 0.250. The summed E-state index contributed by atoms with van der Waals surface area (Å²) >= 11 is 0. The van der Waals surface area contributed by atoms with Crippen LogP contribution in [0.25, 0.3) is 11.1 Å². The first-order valence-corrected chi connectivity index (χ1v) is 11.4. The number of benzene rings is 3. The molecule has 0 aliphatic carbocycles. The van der Waals surface area contributed by atoms with E-state index >= 15 is 0 Å². The molecular formula is C28H27FN2O4. The van der Waals surface area contributed by atoms with Gasteiger partial charge < -0.3 is 15.0 Å². The number of methoxy groups -OCH3 is 1. The zero-order valence-electron chi connectivity index (χ0n) is 20.1. The van der Waals surface area contributed by atoms with E-state index in [2.05, 4.69) is 5.32 Å². The van der Waals surface area contributed by atoms with E-state index < -0.39 is 12.0 Å². The third-order valence-electron chi connectivity index (χ3n) is 6.25. The first-order chi connectivity index (χ1) is 16.7. The summed E-state index contributed by atoms with van der Waals surface area (Å²) in [6, 6.07) is 16.5. The number of nitrogens with one attached hydrogen (secondary N) is 1. The van der Waals surface area contributed by atoms with Crippen LogP contribution >= 0.6 is 0 Å². The summed E-state index contributed by atoms with van der Waals surface area (Å²) < 4.78 is 18.4. The largest absolute Gasteiger partial charge is 0.467 e. The van der Waals surface area contributed by atoms with Gasteiger partial charge in [0.15, 0.2) is 0 Å². The van der Waals surface area contributed by atoms with Crippen LogP contribution in [0, 0.1) is 18.7 Å². The van der Waals surface area contributed by atoms with Crippen molar-refractivity contribution < 1.29 is 23.5 Å². The molecule has 0 aromatic heterocycles. The van der Waals surface area contributed by atoms with Crippen molar-refractivity contribution in [1.82, 2.24) is 4.90 Å². The summed E-state index contributed by atoms with van der Waals surface area (Å²) in [5, 5.41) is 2.81. The maximum atomic E-state index is 13.5. The molecule has 3 aromatic carbocycles. The van der Waals surface area contributed by atoms with Gasteiger partial charge in [-0.05, 0) is 71.5 Å². The minimum absolute atomic E-state index is 0.0817. The minimum atomic E-state index is -0.642. The molecule has 3 aromatic rings. The van der Waals surface area contributed by atoms with Gasteiger partial charge in [-0.3, -0.25) is 9.59 Å². The van der Waals surface area contributed by atoms with Crippen LogP contribution in [0.2, 0.25) is 0 Å². The molecule has 0 fully saturated rings. The molecule has 1 aliphatic rings. The Hall–Kier alpha value is -4.00. The van der Waals surface area contributed by atoms with Crippen molar-refractivity contribution in [2.24, 2.45) is 5.92 Å². The molecule has 35 heavy (non-hydrogen) atoms. The van der Waals surface area contributed by atoms with E-state index in [1.54, 1.807) is 24.0 Å². The molecule has 0 saturated heterocycles. The third-order valence-corrected chi connectivity index (χ3v) is 6.25. The molecular weight excluding hydrogens is 447 g/mol. The molecule has 4 rings (SSSR count). The zero-order chi connectivity index (χ0) is 25.3. The quantitative estimate of drug-likeness (QED) is 0.498. The Kier molecular flexibility index (Phi) is 6.69. The van der Waals surface area contributed by atoms with Crippen molar-refractivity contribution in [3.63, 3.8) is 0 Å². The lowest BCUT2D eigenvalue weighted by molar-refractivity contribution is -0.147. The Balaban J connectivity index is 1.51. The molecule has 0 saturated carbocycles. The Bertz CT molecular complexity index is 1300. The number of hydrogen-bond acceptors (Lipinski definition) is 4. The number of esters is 1. The average Bonchev–Trinajstić information content (AvgIpc) is 3.16. The number of hydrogen-bond donors (Lipinski definition) is 1. The van der Waals surface area contributed by atoms with Crippen molar-refractivity contribution in [1.29, 1.82) is 0 Å². The van der Waals surface area contributed by atoms with Crippen LogP contribution in [-0.2, 0) is 16.1 Å². The van der Waals surface area contributed by atoms with E-state index in [1.165, 1.54) is 25.3 Å². The number of aryl methyl sites for hydroxylation is 1. The van der Waals surface area contributed by atoms with Crippen LogP contribution in [0.5, 0.6) is 0 Å². The summed E-state index contributed by atoms with van der Waals surface area (Å²) in [5.41, 5.74) is 4.55. The molecule has 1 aliphatic heterocycles. The van der Waals surface area contributed by atoms with Gasteiger partial charge in [0.1, 0.15) is 11.9 Å². The zero-order valence-corrected chi connectivity index (χ0v) is 20.1. The fourth-order valence-electron chi connectivity index (χ4n) is 4.34. The molecule has 7 heteroatoms. The number of carbonyl (C=O) groups is 3. The SMILES string of the molecule is COC(=O)[C@H](C(C)C)N1Cc2ccc(-c3ccc(NC(=O)c4ccc(F)c(C)c4)cc3)cc2C1=O. The summed E-state index contributed by atoms with van der Waals surface area (Å²) in [6.07, 6.45) is 0. The van der Waals surface area contributed by atoms with Crippen LogP contribution in [0.3, 0.4) is 0 Å². The van der Waals surface area contributed by atoms with Crippen LogP contribution < -0.4 is 5.32 Å². The standard InChI is InChI=1S/C28H27FN2O4/c1-16(2)25(28(34)35-4)31-15-21-6-5-19(14-23(21)27(31)33)18-7-10-22(11-8-18)30-26(32)20-9-12-24(29)17(3)13-20/h5-14,16,25H,15H2,1-4H3,(H,30,32)/t25-/m0/s1. The third kappa shape index (κ3) is 4.80. The first-order valence-electron chi connectivity index (χ1n) is 11.4. The van der Waals surface area contributed by atoms with Crippen molar-refractivity contribution in [3.05, 3.63) is 88.7 Å². The summed E-state index contributed by atoms with van der Waals surface area (Å²) in [5.74, 6) is -1.37. The topological polar surface area (TPSA) is 75.7 Å². The predicted octanol–water partition coefficient (Wildman–Crippen LogP) is 5.21. The molecule has 0 radical (unpaired) electrons. The van der Waals surface area contributed by atoms with Gasteiger partial charge in [0.2, 0.25) is 0 Å². The molecule has 1 N–H and O–H groups in total. The van der Waals surface area contributed by atoms with E-state index in [9.17, 15) is 18.8 Å². The van der Waals surface area contributed by atoms with Crippen molar-refractivity contribution in [3.8, 4) is 11.1 Å². The highest BCUT2D eigenvalue weighted by Crippen LogP contribution is 2.32. The molecule has 0 spiro atoms. The average molecular weight is 475 g/mol. The smallest absolute Gasteiger partial charge is 0.328 e. The summed E-state index contributed by atoms with van der Waals surface area (Å²) in [4.78, 5) is 39.5. The fourth-order valence-corrected chi connectivity index (χ4v) is 4.34. The van der Waals surface area contributed by atoms with Gasteiger partial charge in [-0.2, -0.15) is 0 Å². The Morgan fingerprint density at radius 2 is 1.69 bits per heavy atom. The first kappa shape index (κ1) is 24.1. The number of fused-ring (bicyclic) bond motifs is 1. The number of anilines is 1. The molecule has 6 nitrogen and oxygen atoms in total. The molecule has 0 unspecified atom stereocenters. The lowest BCUT2D eigenvalue weighted by Gasteiger charge is -2.28. The number of ether oxygens (including phenoxy) is 1. The second-order valence-corrected chi connectivity index (χ2v) is 9.01. The molecule has 0 bridgehead atoms. The van der Waals surface area contributed by atoms with Crippen LogP contribution in [-0.4, -0.2) is 35.8 Å². The van der Waals surface area contributed by atoms with Gasteiger partial charge in [0, 0.05) is 23.4 Å². The van der Waals surface area contributed by atoms with E-state index in [4.69, 9.17) is 4.74 Å². The van der Waals surface area contributed by atoms with Gasteiger partial charge in [0.25, 0.3) is 11.8 Å². The summed E-state index contributed by atoms with van der Waals surface area (Å²) in [7, 11) is 1.33. The van der Waals surface area contributed by atoms with Crippen molar-refractivity contribution in [2.45, 2.75) is 33.4 Å². The van der Waals surface area contributed by atoms with E-state index in [0.717, 1.165) is 16.7 Å². The molecule has 1 heterocycles. The van der Waals surface area contributed by atoms with Crippen LogP contribution in [0.4, 0.5) is 10.1 Å². The number of amides is 2. The van der Waals surface area contributed by atoms with Crippen molar-refractivity contribution in [2.75, 3.05) is 12.4 Å². The van der Waals surface area contributed by atoms with Gasteiger partial charge in [-0.1, -0.05) is 38.1 Å². The second-order valence-electron chi connectivity index (χ2n) is 9.01. The Morgan fingerprint density at radius 1 is 1.00 bits per heavy atom. The second kappa shape index (κ2) is 9.70. The van der Waals surface area contributed by atoms with Crippen molar-refractivity contribution >= 4 is 23.5 Å². The van der Waals surface area contributed by atoms with Gasteiger partial charge in [-0.25, -0.2) is 9.18 Å².